The van der Waals surface area contributed by atoms with Crippen LogP contribution in [0.2, 0.25) is 0 Å². The lowest BCUT2D eigenvalue weighted by Crippen LogP contribution is -2.06. The summed E-state index contributed by atoms with van der Waals surface area (Å²) in [5.74, 6) is 0.416. The first-order valence-electron chi connectivity index (χ1n) is 9.59. The molecule has 0 saturated carbocycles. The van der Waals surface area contributed by atoms with Crippen LogP contribution in [-0.4, -0.2) is 12.5 Å². The quantitative estimate of drug-likeness (QED) is 0.348. The van der Waals surface area contributed by atoms with Crippen LogP contribution in [-0.2, 0) is 11.2 Å². The Morgan fingerprint density at radius 2 is 1.54 bits per heavy atom. The molecule has 0 aliphatic heterocycles. The highest BCUT2D eigenvalue weighted by Gasteiger charge is 2.04. The summed E-state index contributed by atoms with van der Waals surface area (Å²) in [6.45, 7) is 2.87. The van der Waals surface area contributed by atoms with E-state index >= 15 is 0 Å². The second-order valence-electron chi connectivity index (χ2n) is 6.48. The van der Waals surface area contributed by atoms with Gasteiger partial charge in [-0.2, -0.15) is 0 Å². The van der Waals surface area contributed by atoms with Crippen LogP contribution in [0.1, 0.15) is 25.3 Å². The molecule has 28 heavy (non-hydrogen) atoms. The number of hydrogen-bond acceptors (Lipinski definition) is 4. The van der Waals surface area contributed by atoms with Crippen molar-refractivity contribution in [3.05, 3.63) is 84.4 Å². The standard InChI is InChI=1S/C24H25NO2S/c1-2-6-24(26)27-21-11-15-23(16-12-21)28-22-13-9-20(10-14-22)25-18-17-19-7-4-3-5-8-19/h3-5,7-16,25H,2,6,17-18H2,1H3. The number of ether oxygens (including phenoxy) is 1. The first-order valence-corrected chi connectivity index (χ1v) is 10.4. The molecule has 0 bridgehead atoms. The third-order valence-corrected chi connectivity index (χ3v) is 5.20. The van der Waals surface area contributed by atoms with Crippen molar-refractivity contribution in [2.45, 2.75) is 36.0 Å². The molecule has 0 aliphatic carbocycles. The normalized spacial score (nSPS) is 10.5. The zero-order chi connectivity index (χ0) is 19.6. The average Bonchev–Trinajstić information content (AvgIpc) is 2.72. The molecule has 0 amide bonds. The van der Waals surface area contributed by atoms with Gasteiger partial charge < -0.3 is 10.1 Å². The molecule has 0 heterocycles. The third-order valence-electron chi connectivity index (χ3n) is 4.19. The highest BCUT2D eigenvalue weighted by molar-refractivity contribution is 7.99. The Balaban J connectivity index is 1.47. The molecular weight excluding hydrogens is 366 g/mol. The highest BCUT2D eigenvalue weighted by atomic mass is 32.2. The lowest BCUT2D eigenvalue weighted by molar-refractivity contribution is -0.134. The lowest BCUT2D eigenvalue weighted by atomic mass is 10.1. The fraction of sp³-hybridized carbons (Fsp3) is 0.208. The summed E-state index contributed by atoms with van der Waals surface area (Å²) in [6, 6.07) is 26.6. The van der Waals surface area contributed by atoms with Gasteiger partial charge in [0.2, 0.25) is 0 Å². The number of esters is 1. The third kappa shape index (κ3) is 6.46. The van der Waals surface area contributed by atoms with E-state index in [-0.39, 0.29) is 5.97 Å². The van der Waals surface area contributed by atoms with Gasteiger partial charge in [-0.05, 0) is 66.9 Å². The Morgan fingerprint density at radius 1 is 0.893 bits per heavy atom. The second-order valence-corrected chi connectivity index (χ2v) is 7.63. The van der Waals surface area contributed by atoms with Crippen molar-refractivity contribution in [1.82, 2.24) is 0 Å². The summed E-state index contributed by atoms with van der Waals surface area (Å²) in [4.78, 5) is 13.8. The van der Waals surface area contributed by atoms with Crippen molar-refractivity contribution in [3.63, 3.8) is 0 Å². The Hall–Kier alpha value is -2.72. The Morgan fingerprint density at radius 3 is 2.18 bits per heavy atom. The topological polar surface area (TPSA) is 38.3 Å². The molecule has 144 valence electrons. The van der Waals surface area contributed by atoms with E-state index in [0.717, 1.165) is 30.0 Å². The van der Waals surface area contributed by atoms with Gasteiger partial charge in [0, 0.05) is 28.4 Å². The molecule has 0 fully saturated rings. The highest BCUT2D eigenvalue weighted by Crippen LogP contribution is 2.30. The van der Waals surface area contributed by atoms with E-state index in [9.17, 15) is 4.79 Å². The number of anilines is 1. The predicted octanol–water partition coefficient (Wildman–Crippen LogP) is 6.20. The molecule has 0 saturated heterocycles. The van der Waals surface area contributed by atoms with Crippen molar-refractivity contribution >= 4 is 23.4 Å². The molecule has 0 radical (unpaired) electrons. The SMILES string of the molecule is CCCC(=O)Oc1ccc(Sc2ccc(NCCc3ccccc3)cc2)cc1. The van der Waals surface area contributed by atoms with E-state index in [1.807, 2.05) is 37.3 Å². The molecule has 0 aromatic heterocycles. The molecule has 3 aromatic rings. The maximum absolute atomic E-state index is 11.5. The summed E-state index contributed by atoms with van der Waals surface area (Å²) in [6.07, 6.45) is 2.25. The van der Waals surface area contributed by atoms with Crippen LogP contribution in [0.3, 0.4) is 0 Å². The van der Waals surface area contributed by atoms with Crippen LogP contribution in [0, 0.1) is 0 Å². The van der Waals surface area contributed by atoms with Crippen molar-refractivity contribution in [2.24, 2.45) is 0 Å². The van der Waals surface area contributed by atoms with Gasteiger partial charge in [-0.15, -0.1) is 0 Å². The summed E-state index contributed by atoms with van der Waals surface area (Å²) in [7, 11) is 0. The second kappa shape index (κ2) is 10.6. The van der Waals surface area contributed by atoms with Gasteiger partial charge in [0.25, 0.3) is 0 Å². The fourth-order valence-electron chi connectivity index (χ4n) is 2.74. The van der Waals surface area contributed by atoms with Crippen LogP contribution < -0.4 is 10.1 Å². The monoisotopic (exact) mass is 391 g/mol. The van der Waals surface area contributed by atoms with Gasteiger partial charge in [0.15, 0.2) is 0 Å². The van der Waals surface area contributed by atoms with E-state index in [0.29, 0.717) is 12.2 Å². The number of nitrogens with one attached hydrogen (secondary N) is 1. The van der Waals surface area contributed by atoms with E-state index in [1.54, 1.807) is 11.8 Å². The number of benzene rings is 3. The number of carbonyl (C=O) groups excluding carboxylic acids is 1. The van der Waals surface area contributed by atoms with E-state index < -0.39 is 0 Å². The average molecular weight is 392 g/mol. The first-order chi connectivity index (χ1) is 13.7. The van der Waals surface area contributed by atoms with E-state index in [4.69, 9.17) is 4.74 Å². The van der Waals surface area contributed by atoms with Crippen LogP contribution in [0.5, 0.6) is 5.75 Å². The zero-order valence-electron chi connectivity index (χ0n) is 16.1. The largest absolute Gasteiger partial charge is 0.427 e. The zero-order valence-corrected chi connectivity index (χ0v) is 16.9. The minimum atomic E-state index is -0.182. The molecule has 0 spiro atoms. The summed E-state index contributed by atoms with van der Waals surface area (Å²) >= 11 is 1.69. The van der Waals surface area contributed by atoms with Crippen LogP contribution in [0.4, 0.5) is 5.69 Å². The molecule has 0 atom stereocenters. The van der Waals surface area contributed by atoms with Crippen molar-refractivity contribution < 1.29 is 9.53 Å². The molecule has 3 rings (SSSR count). The maximum atomic E-state index is 11.5. The van der Waals surface area contributed by atoms with Gasteiger partial charge in [0.1, 0.15) is 5.75 Å². The lowest BCUT2D eigenvalue weighted by Gasteiger charge is -2.08. The molecule has 3 aromatic carbocycles. The summed E-state index contributed by atoms with van der Waals surface area (Å²) < 4.78 is 5.29. The molecule has 1 N–H and O–H groups in total. The Labute approximate surface area is 171 Å². The van der Waals surface area contributed by atoms with Gasteiger partial charge >= 0.3 is 5.97 Å². The first kappa shape index (κ1) is 20.0. The van der Waals surface area contributed by atoms with E-state index in [2.05, 4.69) is 53.8 Å². The van der Waals surface area contributed by atoms with Crippen molar-refractivity contribution in [3.8, 4) is 5.75 Å². The smallest absolute Gasteiger partial charge is 0.311 e. The fourth-order valence-corrected chi connectivity index (χ4v) is 3.55. The number of hydrogen-bond donors (Lipinski definition) is 1. The number of carbonyl (C=O) groups is 1. The Bertz CT molecular complexity index is 861. The number of rotatable bonds is 9. The minimum Gasteiger partial charge on any atom is -0.427 e. The minimum absolute atomic E-state index is 0.182. The van der Waals surface area contributed by atoms with Gasteiger partial charge in [0.05, 0.1) is 0 Å². The van der Waals surface area contributed by atoms with Crippen LogP contribution in [0.15, 0.2) is 88.7 Å². The van der Waals surface area contributed by atoms with Crippen LogP contribution >= 0.6 is 11.8 Å². The van der Waals surface area contributed by atoms with Gasteiger partial charge in [-0.1, -0.05) is 49.0 Å². The predicted molar refractivity (Wildman–Crippen MR) is 116 cm³/mol. The maximum Gasteiger partial charge on any atom is 0.311 e. The van der Waals surface area contributed by atoms with E-state index in [1.165, 1.54) is 10.5 Å². The molecule has 0 unspecified atom stereocenters. The molecule has 0 aliphatic rings. The molecule has 4 heteroatoms. The van der Waals surface area contributed by atoms with Crippen molar-refractivity contribution in [2.75, 3.05) is 11.9 Å². The van der Waals surface area contributed by atoms with Crippen molar-refractivity contribution in [1.29, 1.82) is 0 Å². The molecular formula is C24H25NO2S. The summed E-state index contributed by atoms with van der Waals surface area (Å²) in [5, 5.41) is 3.46. The Kier molecular flexibility index (Phi) is 7.56. The van der Waals surface area contributed by atoms with Gasteiger partial charge in [-0.3, -0.25) is 4.79 Å². The van der Waals surface area contributed by atoms with Gasteiger partial charge in [-0.25, -0.2) is 0 Å². The summed E-state index contributed by atoms with van der Waals surface area (Å²) in [5.41, 5.74) is 2.46. The van der Waals surface area contributed by atoms with Crippen LogP contribution in [0.25, 0.3) is 0 Å². The molecule has 3 nitrogen and oxygen atoms in total.